The summed E-state index contributed by atoms with van der Waals surface area (Å²) in [4.78, 5) is 11.3. The quantitative estimate of drug-likeness (QED) is 0.872. The summed E-state index contributed by atoms with van der Waals surface area (Å²) in [7, 11) is 0. The molecule has 0 amide bonds. The zero-order valence-corrected chi connectivity index (χ0v) is 9.43. The van der Waals surface area contributed by atoms with Crippen LogP contribution in [-0.2, 0) is 4.79 Å². The summed E-state index contributed by atoms with van der Waals surface area (Å²) in [6.45, 7) is 0.454. The normalized spacial score (nSPS) is 20.1. The molecule has 0 aliphatic carbocycles. The van der Waals surface area contributed by atoms with E-state index in [0.717, 1.165) is 0 Å². The van der Waals surface area contributed by atoms with Crippen LogP contribution in [0.2, 0.25) is 0 Å². The van der Waals surface area contributed by atoms with Gasteiger partial charge in [0.15, 0.2) is 0 Å². The van der Waals surface area contributed by atoms with Crippen molar-refractivity contribution in [2.45, 2.75) is 12.5 Å². The molecule has 0 radical (unpaired) electrons. The summed E-state index contributed by atoms with van der Waals surface area (Å²) >= 11 is 1.30. The van der Waals surface area contributed by atoms with Crippen molar-refractivity contribution in [2.24, 2.45) is 0 Å². The minimum atomic E-state index is -0.281. The predicted octanol–water partition coefficient (Wildman–Crippen LogP) is 1.78. The molecule has 2 rings (SSSR count). The summed E-state index contributed by atoms with van der Waals surface area (Å²) in [5.41, 5.74) is 0. The number of carbonyl (C=O) groups excluding carboxylic acids is 1. The third kappa shape index (κ3) is 2.96. The van der Waals surface area contributed by atoms with Crippen molar-refractivity contribution in [2.75, 3.05) is 12.5 Å². The van der Waals surface area contributed by atoms with Gasteiger partial charge in [-0.2, -0.15) is 0 Å². The zero-order valence-electron chi connectivity index (χ0n) is 8.61. The number of hydrogen-bond donors (Lipinski definition) is 1. The van der Waals surface area contributed by atoms with Gasteiger partial charge in [0, 0.05) is 6.42 Å². The van der Waals surface area contributed by atoms with Crippen LogP contribution in [0.4, 0.5) is 4.39 Å². The molecule has 16 heavy (non-hydrogen) atoms. The highest BCUT2D eigenvalue weighted by molar-refractivity contribution is 8.14. The molecule has 1 N–H and O–H groups in total. The van der Waals surface area contributed by atoms with E-state index >= 15 is 0 Å². The molecule has 0 aromatic heterocycles. The van der Waals surface area contributed by atoms with Crippen LogP contribution in [0.3, 0.4) is 0 Å². The summed E-state index contributed by atoms with van der Waals surface area (Å²) in [5, 5.41) is 3.24. The van der Waals surface area contributed by atoms with E-state index in [4.69, 9.17) is 4.74 Å². The van der Waals surface area contributed by atoms with Crippen LogP contribution in [-0.4, -0.2) is 23.6 Å². The highest BCUT2D eigenvalue weighted by Gasteiger charge is 2.24. The maximum Gasteiger partial charge on any atom is 0.207 e. The first-order chi connectivity index (χ1) is 7.75. The van der Waals surface area contributed by atoms with Crippen molar-refractivity contribution in [1.29, 1.82) is 0 Å². The van der Waals surface area contributed by atoms with E-state index in [0.29, 0.717) is 24.7 Å². The van der Waals surface area contributed by atoms with Crippen molar-refractivity contribution in [3.05, 3.63) is 30.1 Å². The van der Waals surface area contributed by atoms with Gasteiger partial charge in [0.1, 0.15) is 11.6 Å². The van der Waals surface area contributed by atoms with Gasteiger partial charge in [-0.3, -0.25) is 10.1 Å². The van der Waals surface area contributed by atoms with Crippen LogP contribution in [0.5, 0.6) is 5.75 Å². The van der Waals surface area contributed by atoms with Gasteiger partial charge in [-0.05, 0) is 24.3 Å². The van der Waals surface area contributed by atoms with Gasteiger partial charge in [-0.15, -0.1) is 0 Å². The van der Waals surface area contributed by atoms with Crippen molar-refractivity contribution >= 4 is 16.9 Å². The number of carbonyl (C=O) groups is 1. The van der Waals surface area contributed by atoms with E-state index in [-0.39, 0.29) is 17.0 Å². The summed E-state index contributed by atoms with van der Waals surface area (Å²) < 4.78 is 18.0. The van der Waals surface area contributed by atoms with Gasteiger partial charge >= 0.3 is 0 Å². The van der Waals surface area contributed by atoms with Crippen LogP contribution in [0.15, 0.2) is 24.3 Å². The monoisotopic (exact) mass is 241 g/mol. The Labute approximate surface area is 97.4 Å². The number of benzene rings is 1. The van der Waals surface area contributed by atoms with E-state index in [1.807, 2.05) is 0 Å². The first kappa shape index (κ1) is 11.4. The average molecular weight is 241 g/mol. The van der Waals surface area contributed by atoms with Crippen LogP contribution < -0.4 is 10.1 Å². The highest BCUT2D eigenvalue weighted by Crippen LogP contribution is 2.16. The van der Waals surface area contributed by atoms with Crippen LogP contribution >= 0.6 is 11.8 Å². The fourth-order valence-corrected chi connectivity index (χ4v) is 2.27. The first-order valence-electron chi connectivity index (χ1n) is 5.04. The lowest BCUT2D eigenvalue weighted by molar-refractivity contribution is -0.112. The SMILES string of the molecule is O=C1SCNC1CCOc1ccc(F)cc1. The molecule has 1 aromatic rings. The number of halogens is 1. The van der Waals surface area contributed by atoms with E-state index in [2.05, 4.69) is 5.32 Å². The lowest BCUT2D eigenvalue weighted by atomic mass is 10.2. The molecule has 1 atom stereocenters. The molecule has 1 aliphatic rings. The topological polar surface area (TPSA) is 38.3 Å². The molecular weight excluding hydrogens is 229 g/mol. The van der Waals surface area contributed by atoms with Crippen LogP contribution in [0.1, 0.15) is 6.42 Å². The summed E-state index contributed by atoms with van der Waals surface area (Å²) in [6, 6.07) is 5.75. The Kier molecular flexibility index (Phi) is 3.79. The molecule has 0 saturated carbocycles. The fourth-order valence-electron chi connectivity index (χ4n) is 1.44. The second kappa shape index (κ2) is 5.32. The molecule has 1 saturated heterocycles. The van der Waals surface area contributed by atoms with Gasteiger partial charge in [0.05, 0.1) is 18.5 Å². The Morgan fingerprint density at radius 3 is 2.81 bits per heavy atom. The standard InChI is InChI=1S/C11H12FNO2S/c12-8-1-3-9(4-2-8)15-6-5-10-11(14)16-7-13-10/h1-4,10,13H,5-7H2. The van der Waals surface area contributed by atoms with Gasteiger partial charge < -0.3 is 4.74 Å². The lowest BCUT2D eigenvalue weighted by Gasteiger charge is -2.09. The minimum Gasteiger partial charge on any atom is -0.494 e. The van der Waals surface area contributed by atoms with E-state index in [1.165, 1.54) is 23.9 Å². The van der Waals surface area contributed by atoms with E-state index in [9.17, 15) is 9.18 Å². The Morgan fingerprint density at radius 1 is 1.44 bits per heavy atom. The second-order valence-electron chi connectivity index (χ2n) is 3.46. The molecule has 1 aromatic carbocycles. The highest BCUT2D eigenvalue weighted by atomic mass is 32.2. The predicted molar refractivity (Wildman–Crippen MR) is 60.9 cm³/mol. The van der Waals surface area contributed by atoms with Gasteiger partial charge in [0.2, 0.25) is 5.12 Å². The van der Waals surface area contributed by atoms with Gasteiger partial charge in [0.25, 0.3) is 0 Å². The van der Waals surface area contributed by atoms with Gasteiger partial charge in [-0.1, -0.05) is 11.8 Å². The molecule has 0 bridgehead atoms. The Hall–Kier alpha value is -1.07. The third-order valence-corrected chi connectivity index (χ3v) is 3.20. The minimum absolute atomic E-state index is 0.106. The number of hydrogen-bond acceptors (Lipinski definition) is 4. The second-order valence-corrected chi connectivity index (χ2v) is 4.44. The summed E-state index contributed by atoms with van der Waals surface area (Å²) in [6.07, 6.45) is 0.642. The molecule has 5 heteroatoms. The number of rotatable bonds is 4. The average Bonchev–Trinajstić information content (AvgIpc) is 2.68. The van der Waals surface area contributed by atoms with E-state index < -0.39 is 0 Å². The van der Waals surface area contributed by atoms with E-state index in [1.54, 1.807) is 12.1 Å². The molecule has 86 valence electrons. The van der Waals surface area contributed by atoms with Crippen molar-refractivity contribution < 1.29 is 13.9 Å². The largest absolute Gasteiger partial charge is 0.494 e. The maximum absolute atomic E-state index is 12.6. The lowest BCUT2D eigenvalue weighted by Crippen LogP contribution is -2.28. The smallest absolute Gasteiger partial charge is 0.207 e. The van der Waals surface area contributed by atoms with Gasteiger partial charge in [-0.25, -0.2) is 4.39 Å². The number of ether oxygens (including phenoxy) is 1. The molecule has 3 nitrogen and oxygen atoms in total. The Morgan fingerprint density at radius 2 is 2.19 bits per heavy atom. The summed E-state index contributed by atoms with van der Waals surface area (Å²) in [5.74, 6) is 1.02. The zero-order chi connectivity index (χ0) is 11.4. The molecule has 1 heterocycles. The Balaban J connectivity index is 1.75. The molecule has 1 unspecified atom stereocenters. The van der Waals surface area contributed by atoms with Crippen molar-refractivity contribution in [1.82, 2.24) is 5.32 Å². The Bertz CT molecular complexity index is 369. The fraction of sp³-hybridized carbons (Fsp3) is 0.364. The first-order valence-corrected chi connectivity index (χ1v) is 6.02. The molecule has 0 spiro atoms. The molecule has 1 fully saturated rings. The van der Waals surface area contributed by atoms with Crippen LogP contribution in [0, 0.1) is 5.82 Å². The van der Waals surface area contributed by atoms with Crippen LogP contribution in [0.25, 0.3) is 0 Å². The third-order valence-electron chi connectivity index (χ3n) is 2.32. The number of thioether (sulfide) groups is 1. The van der Waals surface area contributed by atoms with Crippen molar-refractivity contribution in [3.8, 4) is 5.75 Å². The number of nitrogens with one attached hydrogen (secondary N) is 1. The molecule has 1 aliphatic heterocycles. The molecular formula is C11H12FNO2S. The maximum atomic E-state index is 12.6. The van der Waals surface area contributed by atoms with Crippen molar-refractivity contribution in [3.63, 3.8) is 0 Å².